The van der Waals surface area contributed by atoms with Crippen molar-refractivity contribution in [2.24, 2.45) is 5.10 Å². The third kappa shape index (κ3) is 6.93. The van der Waals surface area contributed by atoms with Crippen molar-refractivity contribution < 1.29 is 18.9 Å². The van der Waals surface area contributed by atoms with Crippen molar-refractivity contribution in [3.63, 3.8) is 0 Å². The maximum absolute atomic E-state index is 5.80. The Morgan fingerprint density at radius 1 is 0.862 bits per heavy atom. The Balaban J connectivity index is 1.42. The summed E-state index contributed by atoms with van der Waals surface area (Å²) in [4.78, 5) is 0. The van der Waals surface area contributed by atoms with E-state index in [1.165, 1.54) is 17.3 Å². The van der Waals surface area contributed by atoms with Crippen molar-refractivity contribution in [1.29, 1.82) is 0 Å². The molecule has 0 amide bonds. The van der Waals surface area contributed by atoms with Crippen LogP contribution in [0.5, 0.6) is 17.2 Å². The van der Waals surface area contributed by atoms with Crippen molar-refractivity contribution in [1.82, 2.24) is 14.9 Å². The van der Waals surface area contributed by atoms with Gasteiger partial charge in [0.15, 0.2) is 11.5 Å². The highest BCUT2D eigenvalue weighted by molar-refractivity contribution is 5.80. The molecular weight excluding hydrogens is 372 g/mol. The number of hydrogen-bond donors (Lipinski definition) is 0. The Labute approximate surface area is 169 Å². The van der Waals surface area contributed by atoms with Gasteiger partial charge in [0.2, 0.25) is 0 Å². The maximum Gasteiger partial charge on any atom is 0.161 e. The molecule has 0 spiro atoms. The van der Waals surface area contributed by atoms with Gasteiger partial charge in [-0.1, -0.05) is 18.2 Å². The van der Waals surface area contributed by atoms with Gasteiger partial charge < -0.3 is 18.9 Å². The summed E-state index contributed by atoms with van der Waals surface area (Å²) in [6, 6.07) is 15.3. The first-order valence-corrected chi connectivity index (χ1v) is 9.39. The van der Waals surface area contributed by atoms with Gasteiger partial charge in [-0.05, 0) is 42.8 Å². The zero-order valence-corrected chi connectivity index (χ0v) is 16.3. The van der Waals surface area contributed by atoms with Gasteiger partial charge in [0.1, 0.15) is 31.6 Å². The molecular formula is C21H24N4O4. The second-order valence-corrected chi connectivity index (χ2v) is 5.85. The van der Waals surface area contributed by atoms with Gasteiger partial charge in [-0.2, -0.15) is 5.10 Å². The summed E-state index contributed by atoms with van der Waals surface area (Å²) < 4.78 is 24.1. The summed E-state index contributed by atoms with van der Waals surface area (Å²) in [5, 5.41) is 11.6. The SMILES string of the molecule is CCOc1cc(/C=N\n2cnnc2)ccc1OCCOCCOc1ccccc1. The largest absolute Gasteiger partial charge is 0.491 e. The summed E-state index contributed by atoms with van der Waals surface area (Å²) in [5.74, 6) is 2.16. The van der Waals surface area contributed by atoms with Gasteiger partial charge in [-0.3, -0.25) is 0 Å². The van der Waals surface area contributed by atoms with Gasteiger partial charge in [0, 0.05) is 0 Å². The molecule has 0 atom stereocenters. The average Bonchev–Trinajstić information content (AvgIpc) is 3.27. The van der Waals surface area contributed by atoms with Crippen LogP contribution >= 0.6 is 0 Å². The third-order valence-electron chi connectivity index (χ3n) is 3.74. The lowest BCUT2D eigenvalue weighted by Crippen LogP contribution is -2.12. The number of para-hydroxylation sites is 1. The molecule has 0 aliphatic rings. The van der Waals surface area contributed by atoms with Gasteiger partial charge in [-0.15, -0.1) is 10.2 Å². The van der Waals surface area contributed by atoms with E-state index in [2.05, 4.69) is 15.3 Å². The van der Waals surface area contributed by atoms with E-state index in [0.717, 1.165) is 11.3 Å². The van der Waals surface area contributed by atoms with Crippen LogP contribution < -0.4 is 14.2 Å². The van der Waals surface area contributed by atoms with E-state index in [0.29, 0.717) is 44.5 Å². The summed E-state index contributed by atoms with van der Waals surface area (Å²) in [6.45, 7) is 4.33. The molecule has 2 aromatic carbocycles. The zero-order valence-electron chi connectivity index (χ0n) is 16.3. The molecule has 1 aromatic heterocycles. The summed E-state index contributed by atoms with van der Waals surface area (Å²) in [7, 11) is 0. The van der Waals surface area contributed by atoms with Crippen LogP contribution in [-0.2, 0) is 4.74 Å². The fourth-order valence-corrected chi connectivity index (χ4v) is 2.43. The Bertz CT molecular complexity index is 870. The molecule has 152 valence electrons. The van der Waals surface area contributed by atoms with Crippen LogP contribution in [0.4, 0.5) is 0 Å². The topological polar surface area (TPSA) is 80.0 Å². The number of nitrogens with zero attached hydrogens (tertiary/aromatic N) is 4. The van der Waals surface area contributed by atoms with Crippen molar-refractivity contribution in [2.75, 3.05) is 33.0 Å². The molecule has 1 heterocycles. The van der Waals surface area contributed by atoms with Gasteiger partial charge in [0.05, 0.1) is 26.0 Å². The quantitative estimate of drug-likeness (QED) is 0.346. The molecule has 8 nitrogen and oxygen atoms in total. The van der Waals surface area contributed by atoms with Crippen LogP contribution in [0.2, 0.25) is 0 Å². The highest BCUT2D eigenvalue weighted by Gasteiger charge is 2.06. The van der Waals surface area contributed by atoms with Crippen LogP contribution in [0.1, 0.15) is 12.5 Å². The third-order valence-corrected chi connectivity index (χ3v) is 3.74. The van der Waals surface area contributed by atoms with Crippen LogP contribution in [0, 0.1) is 0 Å². The van der Waals surface area contributed by atoms with Crippen LogP contribution in [-0.4, -0.2) is 54.1 Å². The molecule has 0 saturated carbocycles. The number of ether oxygens (including phenoxy) is 4. The summed E-state index contributed by atoms with van der Waals surface area (Å²) >= 11 is 0. The predicted octanol–water partition coefficient (Wildman–Crippen LogP) is 3.03. The van der Waals surface area contributed by atoms with Crippen LogP contribution in [0.25, 0.3) is 0 Å². The molecule has 0 aliphatic heterocycles. The number of aromatic nitrogens is 3. The second-order valence-electron chi connectivity index (χ2n) is 5.85. The minimum Gasteiger partial charge on any atom is -0.491 e. The molecule has 0 saturated heterocycles. The normalized spacial score (nSPS) is 10.9. The van der Waals surface area contributed by atoms with E-state index in [1.54, 1.807) is 6.21 Å². The van der Waals surface area contributed by atoms with Crippen molar-refractivity contribution in [2.45, 2.75) is 6.92 Å². The summed E-state index contributed by atoms with van der Waals surface area (Å²) in [5.41, 5.74) is 0.879. The average molecular weight is 396 g/mol. The van der Waals surface area contributed by atoms with Gasteiger partial charge >= 0.3 is 0 Å². The Morgan fingerprint density at radius 3 is 2.38 bits per heavy atom. The lowest BCUT2D eigenvalue weighted by Gasteiger charge is -2.13. The van der Waals surface area contributed by atoms with E-state index >= 15 is 0 Å². The van der Waals surface area contributed by atoms with E-state index in [4.69, 9.17) is 18.9 Å². The highest BCUT2D eigenvalue weighted by atomic mass is 16.6. The first-order valence-electron chi connectivity index (χ1n) is 9.39. The fraction of sp³-hybridized carbons (Fsp3) is 0.286. The Morgan fingerprint density at radius 2 is 1.62 bits per heavy atom. The standard InChI is InChI=1S/C21H24N4O4/c1-2-27-21-14-18(15-24-25-16-22-23-17-25)8-9-20(21)29-13-11-26-10-12-28-19-6-4-3-5-7-19/h3-9,14-17H,2,10-13H2,1H3/b24-15-. The number of hydrogen-bond acceptors (Lipinski definition) is 7. The molecule has 0 bridgehead atoms. The number of benzene rings is 2. The molecule has 0 N–H and O–H groups in total. The minimum absolute atomic E-state index is 0.416. The molecule has 29 heavy (non-hydrogen) atoms. The molecule has 0 radical (unpaired) electrons. The number of rotatable bonds is 12. The van der Waals surface area contributed by atoms with Crippen molar-refractivity contribution in [3.8, 4) is 17.2 Å². The van der Waals surface area contributed by atoms with Crippen LogP contribution in [0.15, 0.2) is 66.3 Å². The van der Waals surface area contributed by atoms with Gasteiger partial charge in [-0.25, -0.2) is 4.68 Å². The highest BCUT2D eigenvalue weighted by Crippen LogP contribution is 2.28. The van der Waals surface area contributed by atoms with E-state index in [-0.39, 0.29) is 0 Å². The van der Waals surface area contributed by atoms with Crippen molar-refractivity contribution >= 4 is 6.21 Å². The Kier molecular flexibility index (Phi) is 8.04. The molecule has 0 unspecified atom stereocenters. The second kappa shape index (κ2) is 11.5. The molecule has 3 rings (SSSR count). The first kappa shape index (κ1) is 20.3. The predicted molar refractivity (Wildman–Crippen MR) is 109 cm³/mol. The van der Waals surface area contributed by atoms with E-state index in [1.807, 2.05) is 55.5 Å². The lowest BCUT2D eigenvalue weighted by atomic mass is 10.2. The minimum atomic E-state index is 0.416. The van der Waals surface area contributed by atoms with E-state index < -0.39 is 0 Å². The zero-order chi connectivity index (χ0) is 20.2. The molecule has 0 fully saturated rings. The Hall–Kier alpha value is -3.39. The molecule has 8 heteroatoms. The summed E-state index contributed by atoms with van der Waals surface area (Å²) in [6.07, 6.45) is 4.73. The first-order chi connectivity index (χ1) is 14.3. The maximum atomic E-state index is 5.80. The molecule has 3 aromatic rings. The molecule has 0 aliphatic carbocycles. The van der Waals surface area contributed by atoms with E-state index in [9.17, 15) is 0 Å². The fourth-order valence-electron chi connectivity index (χ4n) is 2.43. The monoisotopic (exact) mass is 396 g/mol. The lowest BCUT2D eigenvalue weighted by molar-refractivity contribution is 0.0755. The van der Waals surface area contributed by atoms with Crippen LogP contribution in [0.3, 0.4) is 0 Å². The smallest absolute Gasteiger partial charge is 0.161 e. The van der Waals surface area contributed by atoms with Crippen molar-refractivity contribution in [3.05, 3.63) is 66.7 Å². The van der Waals surface area contributed by atoms with Gasteiger partial charge in [0.25, 0.3) is 0 Å².